The van der Waals surface area contributed by atoms with Gasteiger partial charge in [0.2, 0.25) is 0 Å². The predicted molar refractivity (Wildman–Crippen MR) is 85.5 cm³/mol. The first kappa shape index (κ1) is 17.1. The van der Waals surface area contributed by atoms with Crippen LogP contribution >= 0.6 is 0 Å². The quantitative estimate of drug-likeness (QED) is 0.780. The van der Waals surface area contributed by atoms with E-state index in [-0.39, 0.29) is 16.9 Å². The van der Waals surface area contributed by atoms with Gasteiger partial charge in [-0.05, 0) is 30.3 Å². The van der Waals surface area contributed by atoms with Gasteiger partial charge in [-0.2, -0.15) is 0 Å². The molecular weight excluding hydrogens is 319 g/mol. The Labute approximate surface area is 137 Å². The molecule has 0 heterocycles. The van der Waals surface area contributed by atoms with Crippen molar-refractivity contribution in [2.24, 2.45) is 0 Å². The van der Waals surface area contributed by atoms with Gasteiger partial charge in [-0.15, -0.1) is 0 Å². The number of hydrogen-bond acceptors (Lipinski definition) is 4. The van der Waals surface area contributed by atoms with Crippen LogP contribution in [0.1, 0.15) is 10.4 Å². The zero-order chi connectivity index (χ0) is 17.7. The zero-order valence-electron chi connectivity index (χ0n) is 12.9. The first-order valence-electron chi connectivity index (χ1n) is 6.77. The molecule has 0 aliphatic carbocycles. The third kappa shape index (κ3) is 4.13. The predicted octanol–water partition coefficient (Wildman–Crippen LogP) is 3.19. The average Bonchev–Trinajstić information content (AvgIpc) is 2.56. The topological polar surface area (TPSA) is 96.9 Å². The molecule has 2 rings (SSSR count). The molecule has 0 spiro atoms. The Kier molecular flexibility index (Phi) is 5.20. The summed E-state index contributed by atoms with van der Waals surface area (Å²) in [5.74, 6) is -0.491. The van der Waals surface area contributed by atoms with Crippen LogP contribution in [-0.2, 0) is 0 Å². The van der Waals surface area contributed by atoms with Crippen LogP contribution in [-0.4, -0.2) is 31.3 Å². The van der Waals surface area contributed by atoms with E-state index in [0.29, 0.717) is 11.5 Å². The highest BCUT2D eigenvalue weighted by atomic mass is 19.1. The summed E-state index contributed by atoms with van der Waals surface area (Å²) >= 11 is 0. The molecule has 2 aromatic rings. The average molecular weight is 334 g/mol. The summed E-state index contributed by atoms with van der Waals surface area (Å²) in [6, 6.07) is 8.00. The van der Waals surface area contributed by atoms with Gasteiger partial charge >= 0.3 is 6.09 Å². The van der Waals surface area contributed by atoms with Crippen LogP contribution in [0.15, 0.2) is 36.4 Å². The first-order valence-corrected chi connectivity index (χ1v) is 6.77. The SMILES string of the molecule is COc1cc(OC)cc(C(=O)Nc2cc(NC(=O)O)ccc2F)c1. The number of ether oxygens (including phenoxy) is 2. The molecule has 0 aliphatic heterocycles. The second kappa shape index (κ2) is 7.32. The van der Waals surface area contributed by atoms with Crippen molar-refractivity contribution >= 4 is 23.4 Å². The molecule has 2 amide bonds. The van der Waals surface area contributed by atoms with Crippen molar-refractivity contribution in [1.29, 1.82) is 0 Å². The number of halogens is 1. The van der Waals surface area contributed by atoms with Gasteiger partial charge in [0.05, 0.1) is 19.9 Å². The van der Waals surface area contributed by atoms with Gasteiger partial charge < -0.3 is 19.9 Å². The molecule has 0 bridgehead atoms. The van der Waals surface area contributed by atoms with Gasteiger partial charge in [-0.3, -0.25) is 10.1 Å². The van der Waals surface area contributed by atoms with Gasteiger partial charge in [-0.25, -0.2) is 9.18 Å². The van der Waals surface area contributed by atoms with Crippen LogP contribution in [0.3, 0.4) is 0 Å². The highest BCUT2D eigenvalue weighted by Crippen LogP contribution is 2.25. The van der Waals surface area contributed by atoms with Gasteiger partial charge in [0.25, 0.3) is 5.91 Å². The molecule has 0 aromatic heterocycles. The smallest absolute Gasteiger partial charge is 0.409 e. The lowest BCUT2D eigenvalue weighted by atomic mass is 10.1. The minimum atomic E-state index is -1.29. The van der Waals surface area contributed by atoms with Crippen molar-refractivity contribution in [3.63, 3.8) is 0 Å². The maximum Gasteiger partial charge on any atom is 0.409 e. The number of benzene rings is 2. The fourth-order valence-electron chi connectivity index (χ4n) is 1.96. The monoisotopic (exact) mass is 334 g/mol. The van der Waals surface area contributed by atoms with E-state index in [0.717, 1.165) is 6.07 Å². The minimum absolute atomic E-state index is 0.127. The third-order valence-corrected chi connectivity index (χ3v) is 3.08. The first-order chi connectivity index (χ1) is 11.4. The summed E-state index contributed by atoms with van der Waals surface area (Å²) in [5.41, 5.74) is 0.164. The van der Waals surface area contributed by atoms with E-state index in [4.69, 9.17) is 14.6 Å². The normalized spacial score (nSPS) is 9.96. The second-order valence-electron chi connectivity index (χ2n) is 4.68. The Hall–Kier alpha value is -3.29. The standard InChI is InChI=1S/C16H15FN2O5/c1-23-11-5-9(6-12(8-11)24-2)15(20)19-14-7-10(18-16(21)22)3-4-13(14)17/h3-8,18H,1-2H3,(H,19,20)(H,21,22). The molecule has 2 aromatic carbocycles. The number of hydrogen-bond donors (Lipinski definition) is 3. The van der Waals surface area contributed by atoms with Crippen molar-refractivity contribution in [2.45, 2.75) is 0 Å². The van der Waals surface area contributed by atoms with Crippen molar-refractivity contribution < 1.29 is 28.6 Å². The van der Waals surface area contributed by atoms with Crippen LogP contribution < -0.4 is 20.1 Å². The van der Waals surface area contributed by atoms with Crippen LogP contribution in [0, 0.1) is 5.82 Å². The molecule has 0 saturated carbocycles. The summed E-state index contributed by atoms with van der Waals surface area (Å²) in [6.07, 6.45) is -1.29. The fraction of sp³-hybridized carbons (Fsp3) is 0.125. The Balaban J connectivity index is 2.27. The van der Waals surface area contributed by atoms with E-state index in [1.54, 1.807) is 6.07 Å². The molecule has 0 unspecified atom stereocenters. The molecule has 0 atom stereocenters. The number of amides is 2. The third-order valence-electron chi connectivity index (χ3n) is 3.08. The number of carbonyl (C=O) groups excluding carboxylic acids is 1. The van der Waals surface area contributed by atoms with Crippen molar-refractivity contribution in [1.82, 2.24) is 0 Å². The molecule has 0 radical (unpaired) electrons. The van der Waals surface area contributed by atoms with Crippen LogP contribution in [0.2, 0.25) is 0 Å². The maximum atomic E-state index is 13.8. The Morgan fingerprint density at radius 1 is 1.00 bits per heavy atom. The number of anilines is 2. The van der Waals surface area contributed by atoms with E-state index >= 15 is 0 Å². The number of carbonyl (C=O) groups is 2. The minimum Gasteiger partial charge on any atom is -0.497 e. The molecular formula is C16H15FN2O5. The van der Waals surface area contributed by atoms with E-state index in [1.807, 2.05) is 0 Å². The van der Waals surface area contributed by atoms with E-state index in [1.165, 1.54) is 38.5 Å². The summed E-state index contributed by atoms with van der Waals surface area (Å²) in [6.45, 7) is 0. The number of methoxy groups -OCH3 is 2. The Morgan fingerprint density at radius 3 is 2.17 bits per heavy atom. The second-order valence-corrected chi connectivity index (χ2v) is 4.68. The molecule has 0 aliphatic rings. The van der Waals surface area contributed by atoms with Crippen molar-refractivity contribution in [3.05, 3.63) is 47.8 Å². The highest BCUT2D eigenvalue weighted by molar-refractivity contribution is 6.05. The molecule has 24 heavy (non-hydrogen) atoms. The lowest BCUT2D eigenvalue weighted by Crippen LogP contribution is -2.14. The van der Waals surface area contributed by atoms with Crippen molar-refractivity contribution in [2.75, 3.05) is 24.9 Å². The summed E-state index contributed by atoms with van der Waals surface area (Å²) in [5, 5.41) is 13.1. The summed E-state index contributed by atoms with van der Waals surface area (Å²) in [7, 11) is 2.88. The number of nitrogens with one attached hydrogen (secondary N) is 2. The lowest BCUT2D eigenvalue weighted by Gasteiger charge is -2.11. The summed E-state index contributed by atoms with van der Waals surface area (Å²) in [4.78, 5) is 22.9. The number of carboxylic acid groups (broad SMARTS) is 1. The largest absolute Gasteiger partial charge is 0.497 e. The molecule has 8 heteroatoms. The van der Waals surface area contributed by atoms with Gasteiger partial charge in [0.1, 0.15) is 17.3 Å². The van der Waals surface area contributed by atoms with Crippen LogP contribution in [0.4, 0.5) is 20.6 Å². The molecule has 126 valence electrons. The zero-order valence-corrected chi connectivity index (χ0v) is 12.9. The Morgan fingerprint density at radius 2 is 1.62 bits per heavy atom. The maximum absolute atomic E-state index is 13.8. The van der Waals surface area contributed by atoms with E-state index < -0.39 is 17.8 Å². The van der Waals surface area contributed by atoms with Crippen molar-refractivity contribution in [3.8, 4) is 11.5 Å². The number of rotatable bonds is 5. The lowest BCUT2D eigenvalue weighted by molar-refractivity contribution is 0.102. The van der Waals surface area contributed by atoms with Gasteiger partial charge in [0.15, 0.2) is 0 Å². The Bertz CT molecular complexity index is 757. The van der Waals surface area contributed by atoms with Gasteiger partial charge in [-0.1, -0.05) is 0 Å². The fourth-order valence-corrected chi connectivity index (χ4v) is 1.96. The van der Waals surface area contributed by atoms with Crippen LogP contribution in [0.5, 0.6) is 11.5 Å². The highest BCUT2D eigenvalue weighted by Gasteiger charge is 2.13. The molecule has 0 fully saturated rings. The summed E-state index contributed by atoms with van der Waals surface area (Å²) < 4.78 is 24.0. The molecule has 7 nitrogen and oxygen atoms in total. The molecule has 0 saturated heterocycles. The van der Waals surface area contributed by atoms with E-state index in [2.05, 4.69) is 10.6 Å². The van der Waals surface area contributed by atoms with Gasteiger partial charge in [0, 0.05) is 17.3 Å². The van der Waals surface area contributed by atoms with E-state index in [9.17, 15) is 14.0 Å². The van der Waals surface area contributed by atoms with Crippen LogP contribution in [0.25, 0.3) is 0 Å². The molecule has 3 N–H and O–H groups in total.